The van der Waals surface area contributed by atoms with Gasteiger partial charge in [-0.15, -0.1) is 0 Å². The fourth-order valence-corrected chi connectivity index (χ4v) is 2.40. The van der Waals surface area contributed by atoms with Crippen LogP contribution in [-0.2, 0) is 14.3 Å². The first kappa shape index (κ1) is 19.5. The summed E-state index contributed by atoms with van der Waals surface area (Å²) in [4.78, 5) is 27.7. The predicted octanol–water partition coefficient (Wildman–Crippen LogP) is 2.44. The summed E-state index contributed by atoms with van der Waals surface area (Å²) in [6.45, 7) is 11.3. The summed E-state index contributed by atoms with van der Waals surface area (Å²) in [5.41, 5.74) is 0.225. The second kappa shape index (κ2) is 8.91. The number of rotatable bonds is 4. The van der Waals surface area contributed by atoms with Crippen LogP contribution in [0.25, 0.3) is 0 Å². The highest BCUT2D eigenvalue weighted by Gasteiger charge is 2.24. The molecule has 132 valence electrons. The summed E-state index contributed by atoms with van der Waals surface area (Å²) in [6.07, 6.45) is 3.23. The molecule has 6 heteroatoms. The molecule has 6 nitrogen and oxygen atoms in total. The lowest BCUT2D eigenvalue weighted by molar-refractivity contribution is -0.136. The van der Waals surface area contributed by atoms with E-state index in [4.69, 9.17) is 9.47 Å². The Hall–Kier alpha value is -1.56. The molecule has 0 aliphatic carbocycles. The van der Waals surface area contributed by atoms with E-state index < -0.39 is 5.60 Å². The largest absolute Gasteiger partial charge is 0.466 e. The van der Waals surface area contributed by atoms with Gasteiger partial charge >= 0.3 is 12.1 Å². The smallest absolute Gasteiger partial charge is 0.410 e. The van der Waals surface area contributed by atoms with Crippen LogP contribution in [0, 0.1) is 0 Å². The van der Waals surface area contributed by atoms with Gasteiger partial charge in [-0.1, -0.05) is 13.0 Å². The summed E-state index contributed by atoms with van der Waals surface area (Å²) in [7, 11) is 1.40. The summed E-state index contributed by atoms with van der Waals surface area (Å²) < 4.78 is 10.2. The maximum atomic E-state index is 12.1. The molecule has 0 bridgehead atoms. The highest BCUT2D eigenvalue weighted by Crippen LogP contribution is 2.12. The monoisotopic (exact) mass is 326 g/mol. The molecular weight excluding hydrogens is 296 g/mol. The predicted molar refractivity (Wildman–Crippen MR) is 89.3 cm³/mol. The number of hydrogen-bond acceptors (Lipinski definition) is 5. The van der Waals surface area contributed by atoms with Crippen molar-refractivity contribution in [3.8, 4) is 0 Å². The van der Waals surface area contributed by atoms with Gasteiger partial charge in [-0.3, -0.25) is 4.90 Å². The second-order valence-electron chi connectivity index (χ2n) is 6.70. The van der Waals surface area contributed by atoms with Crippen LogP contribution in [0.1, 0.15) is 40.5 Å². The molecule has 23 heavy (non-hydrogen) atoms. The van der Waals surface area contributed by atoms with Crippen molar-refractivity contribution in [2.24, 2.45) is 0 Å². The first-order valence-corrected chi connectivity index (χ1v) is 8.24. The molecule has 1 aliphatic rings. The molecule has 0 radical (unpaired) electrons. The molecule has 1 amide bonds. The molecule has 0 saturated carbocycles. The van der Waals surface area contributed by atoms with Crippen molar-refractivity contribution >= 4 is 12.1 Å². The molecular formula is C17H30N2O4. The molecule has 1 aliphatic heterocycles. The summed E-state index contributed by atoms with van der Waals surface area (Å²) >= 11 is 0. The Kier molecular flexibility index (Phi) is 7.55. The molecule has 0 aromatic carbocycles. The molecule has 1 rings (SSSR count). The molecule has 1 saturated heterocycles. The van der Waals surface area contributed by atoms with Crippen molar-refractivity contribution in [2.45, 2.75) is 46.1 Å². The van der Waals surface area contributed by atoms with Crippen molar-refractivity contribution in [3.63, 3.8) is 0 Å². The van der Waals surface area contributed by atoms with Crippen LogP contribution in [0.15, 0.2) is 11.6 Å². The number of carbonyl (C=O) groups is 2. The molecule has 1 fully saturated rings. The number of hydrogen-bond donors (Lipinski definition) is 0. The van der Waals surface area contributed by atoms with E-state index >= 15 is 0 Å². The lowest BCUT2D eigenvalue weighted by atomic mass is 10.2. The quantitative estimate of drug-likeness (QED) is 0.586. The van der Waals surface area contributed by atoms with Crippen LogP contribution in [0.4, 0.5) is 4.79 Å². The number of carbonyl (C=O) groups excluding carboxylic acids is 2. The second-order valence-corrected chi connectivity index (χ2v) is 6.70. The highest BCUT2D eigenvalue weighted by atomic mass is 16.6. The zero-order chi connectivity index (χ0) is 17.5. The van der Waals surface area contributed by atoms with Gasteiger partial charge in [0.1, 0.15) is 5.60 Å². The maximum absolute atomic E-state index is 12.1. The molecule has 1 heterocycles. The van der Waals surface area contributed by atoms with Gasteiger partial charge in [0, 0.05) is 38.3 Å². The molecule has 0 atom stereocenters. The van der Waals surface area contributed by atoms with Gasteiger partial charge in [-0.05, 0) is 33.6 Å². The van der Waals surface area contributed by atoms with E-state index in [-0.39, 0.29) is 12.1 Å². The van der Waals surface area contributed by atoms with Crippen LogP contribution < -0.4 is 0 Å². The van der Waals surface area contributed by atoms with E-state index in [1.807, 2.05) is 33.8 Å². The van der Waals surface area contributed by atoms with Crippen molar-refractivity contribution in [2.75, 3.05) is 39.8 Å². The van der Waals surface area contributed by atoms with Crippen LogP contribution in [0.5, 0.6) is 0 Å². The Labute approximate surface area is 139 Å². The summed E-state index contributed by atoms with van der Waals surface area (Å²) in [6, 6.07) is 0. The third-order valence-corrected chi connectivity index (χ3v) is 3.66. The van der Waals surface area contributed by atoms with Gasteiger partial charge in [-0.25, -0.2) is 9.59 Å². The van der Waals surface area contributed by atoms with E-state index in [9.17, 15) is 9.59 Å². The minimum absolute atomic E-state index is 0.251. The Balaban J connectivity index is 2.54. The number of amides is 1. The fourth-order valence-electron chi connectivity index (χ4n) is 2.40. The lowest BCUT2D eigenvalue weighted by Crippen LogP contribution is -2.39. The van der Waals surface area contributed by atoms with Gasteiger partial charge in [0.2, 0.25) is 0 Å². The first-order valence-electron chi connectivity index (χ1n) is 8.24. The van der Waals surface area contributed by atoms with E-state index in [1.165, 1.54) is 7.11 Å². The SMILES string of the molecule is CCC(=CCN1CCCN(C(=O)OC(C)(C)C)CC1)C(=O)OC. The Bertz CT molecular complexity index is 440. The van der Waals surface area contributed by atoms with Gasteiger partial charge in [0.25, 0.3) is 0 Å². The molecule has 0 aromatic heterocycles. The number of esters is 1. The van der Waals surface area contributed by atoms with Crippen LogP contribution in [0.2, 0.25) is 0 Å². The van der Waals surface area contributed by atoms with Crippen molar-refractivity contribution in [1.29, 1.82) is 0 Å². The zero-order valence-electron chi connectivity index (χ0n) is 15.1. The van der Waals surface area contributed by atoms with Crippen molar-refractivity contribution in [3.05, 3.63) is 11.6 Å². The number of nitrogens with zero attached hydrogens (tertiary/aromatic N) is 2. The molecule has 0 unspecified atom stereocenters. The highest BCUT2D eigenvalue weighted by molar-refractivity contribution is 5.88. The van der Waals surface area contributed by atoms with Crippen LogP contribution in [-0.4, -0.2) is 67.3 Å². The van der Waals surface area contributed by atoms with Gasteiger partial charge in [-0.2, -0.15) is 0 Å². The molecule has 0 spiro atoms. The fraction of sp³-hybridized carbons (Fsp3) is 0.765. The van der Waals surface area contributed by atoms with Crippen molar-refractivity contribution in [1.82, 2.24) is 9.80 Å². The van der Waals surface area contributed by atoms with Crippen molar-refractivity contribution < 1.29 is 19.1 Å². The Morgan fingerprint density at radius 1 is 1.13 bits per heavy atom. The minimum atomic E-state index is -0.470. The van der Waals surface area contributed by atoms with Gasteiger partial charge < -0.3 is 14.4 Å². The standard InChI is InChI=1S/C17H30N2O4/c1-6-14(15(20)22-5)8-11-18-9-7-10-19(13-12-18)16(21)23-17(2,3)4/h8H,6-7,9-13H2,1-5H3. The van der Waals surface area contributed by atoms with Crippen LogP contribution in [0.3, 0.4) is 0 Å². The van der Waals surface area contributed by atoms with Crippen LogP contribution >= 0.6 is 0 Å². The van der Waals surface area contributed by atoms with E-state index in [1.54, 1.807) is 4.90 Å². The minimum Gasteiger partial charge on any atom is -0.466 e. The third-order valence-electron chi connectivity index (χ3n) is 3.66. The lowest BCUT2D eigenvalue weighted by Gasteiger charge is -2.26. The normalized spacial score (nSPS) is 17.6. The zero-order valence-corrected chi connectivity index (χ0v) is 15.1. The Morgan fingerprint density at radius 3 is 2.39 bits per heavy atom. The molecule has 0 N–H and O–H groups in total. The number of methoxy groups -OCH3 is 1. The number of ether oxygens (including phenoxy) is 2. The van der Waals surface area contributed by atoms with Gasteiger partial charge in [0.05, 0.1) is 7.11 Å². The molecule has 0 aromatic rings. The van der Waals surface area contributed by atoms with Gasteiger partial charge in [0.15, 0.2) is 0 Å². The average Bonchev–Trinajstić information content (AvgIpc) is 2.71. The summed E-state index contributed by atoms with van der Waals surface area (Å²) in [5.74, 6) is -0.266. The van der Waals surface area contributed by atoms with E-state index in [0.29, 0.717) is 31.6 Å². The topological polar surface area (TPSA) is 59.1 Å². The average molecular weight is 326 g/mol. The van der Waals surface area contributed by atoms with E-state index in [2.05, 4.69) is 4.90 Å². The Morgan fingerprint density at radius 2 is 1.83 bits per heavy atom. The third kappa shape index (κ3) is 7.03. The summed E-state index contributed by atoms with van der Waals surface area (Å²) in [5, 5.41) is 0. The van der Waals surface area contributed by atoms with E-state index in [0.717, 1.165) is 19.5 Å². The first-order chi connectivity index (χ1) is 10.8. The maximum Gasteiger partial charge on any atom is 0.410 e.